The van der Waals surface area contributed by atoms with Gasteiger partial charge in [0.25, 0.3) is 0 Å². The Kier molecular flexibility index (Phi) is 7.40. The lowest BCUT2D eigenvalue weighted by Crippen LogP contribution is -2.21. The minimum absolute atomic E-state index is 0.0419. The minimum atomic E-state index is -0.0419. The topological polar surface area (TPSA) is 38.3 Å². The van der Waals surface area contributed by atoms with Crippen LogP contribution in [0.2, 0.25) is 0 Å². The second-order valence-electron chi connectivity index (χ2n) is 4.40. The molecule has 104 valence electrons. The van der Waals surface area contributed by atoms with Crippen LogP contribution in [0.25, 0.3) is 6.08 Å². The number of hydrogen-bond donors (Lipinski definition) is 1. The number of rotatable bonds is 8. The van der Waals surface area contributed by atoms with Crippen LogP contribution in [0.4, 0.5) is 0 Å². The first-order valence-corrected chi connectivity index (χ1v) is 6.95. The number of nitrogens with one attached hydrogen (secondary N) is 1. The molecule has 0 radical (unpaired) electrons. The lowest BCUT2D eigenvalue weighted by atomic mass is 10.2. The van der Waals surface area contributed by atoms with Gasteiger partial charge >= 0.3 is 0 Å². The van der Waals surface area contributed by atoms with E-state index in [0.717, 1.165) is 43.7 Å². The van der Waals surface area contributed by atoms with Gasteiger partial charge in [-0.15, -0.1) is 0 Å². The molecular weight excluding hydrogens is 238 g/mol. The molecule has 1 N–H and O–H groups in total. The summed E-state index contributed by atoms with van der Waals surface area (Å²) >= 11 is 0. The van der Waals surface area contributed by atoms with Gasteiger partial charge in [-0.3, -0.25) is 4.79 Å². The Balaban J connectivity index is 2.41. The third-order valence-corrected chi connectivity index (χ3v) is 2.61. The smallest absolute Gasteiger partial charge is 0.243 e. The molecule has 0 aromatic heterocycles. The summed E-state index contributed by atoms with van der Waals surface area (Å²) in [5.41, 5.74) is 0.995. The maximum absolute atomic E-state index is 11.5. The maximum atomic E-state index is 11.5. The molecule has 0 bridgehead atoms. The van der Waals surface area contributed by atoms with Gasteiger partial charge in [-0.2, -0.15) is 0 Å². The van der Waals surface area contributed by atoms with Gasteiger partial charge in [0.1, 0.15) is 5.75 Å². The molecule has 0 aliphatic rings. The molecule has 0 heterocycles. The van der Waals surface area contributed by atoms with Gasteiger partial charge < -0.3 is 10.1 Å². The Labute approximate surface area is 115 Å². The number of carbonyl (C=O) groups excluding carboxylic acids is 1. The van der Waals surface area contributed by atoms with Gasteiger partial charge in [0.15, 0.2) is 0 Å². The van der Waals surface area contributed by atoms with Crippen molar-refractivity contribution in [1.82, 2.24) is 5.32 Å². The lowest BCUT2D eigenvalue weighted by molar-refractivity contribution is -0.116. The van der Waals surface area contributed by atoms with Gasteiger partial charge in [-0.05, 0) is 36.6 Å². The summed E-state index contributed by atoms with van der Waals surface area (Å²) < 4.78 is 5.50. The van der Waals surface area contributed by atoms with E-state index in [-0.39, 0.29) is 5.91 Å². The first kappa shape index (κ1) is 15.3. The van der Waals surface area contributed by atoms with E-state index < -0.39 is 0 Å². The number of hydrogen-bond acceptors (Lipinski definition) is 2. The fourth-order valence-corrected chi connectivity index (χ4v) is 1.51. The van der Waals surface area contributed by atoms with Gasteiger partial charge in [-0.1, -0.05) is 32.4 Å². The highest BCUT2D eigenvalue weighted by molar-refractivity contribution is 5.91. The van der Waals surface area contributed by atoms with Crippen LogP contribution < -0.4 is 10.1 Å². The zero-order valence-corrected chi connectivity index (χ0v) is 11.8. The van der Waals surface area contributed by atoms with Crippen molar-refractivity contribution in [2.24, 2.45) is 0 Å². The predicted molar refractivity (Wildman–Crippen MR) is 79.2 cm³/mol. The summed E-state index contributed by atoms with van der Waals surface area (Å²) in [6.45, 7) is 5.65. The molecule has 3 heteroatoms. The summed E-state index contributed by atoms with van der Waals surface area (Å²) in [7, 11) is 0. The Morgan fingerprint density at radius 2 is 1.95 bits per heavy atom. The molecule has 0 fully saturated rings. The van der Waals surface area contributed by atoms with E-state index in [1.165, 1.54) is 0 Å². The monoisotopic (exact) mass is 261 g/mol. The Morgan fingerprint density at radius 3 is 2.58 bits per heavy atom. The normalized spacial score (nSPS) is 10.6. The van der Waals surface area contributed by atoms with E-state index in [2.05, 4.69) is 19.2 Å². The second-order valence-corrected chi connectivity index (χ2v) is 4.40. The van der Waals surface area contributed by atoms with E-state index in [0.29, 0.717) is 0 Å². The highest BCUT2D eigenvalue weighted by Gasteiger charge is 1.95. The lowest BCUT2D eigenvalue weighted by Gasteiger charge is -2.04. The van der Waals surface area contributed by atoms with Crippen LogP contribution >= 0.6 is 0 Å². The average Bonchev–Trinajstić information content (AvgIpc) is 2.44. The van der Waals surface area contributed by atoms with Crippen molar-refractivity contribution in [2.75, 3.05) is 13.2 Å². The highest BCUT2D eigenvalue weighted by atomic mass is 16.5. The Morgan fingerprint density at radius 1 is 1.21 bits per heavy atom. The fourth-order valence-electron chi connectivity index (χ4n) is 1.51. The first-order chi connectivity index (χ1) is 9.26. The van der Waals surface area contributed by atoms with Gasteiger partial charge in [0, 0.05) is 12.6 Å². The van der Waals surface area contributed by atoms with Crippen LogP contribution in [0, 0.1) is 0 Å². The molecule has 0 aliphatic carbocycles. The minimum Gasteiger partial charge on any atom is -0.494 e. The summed E-state index contributed by atoms with van der Waals surface area (Å²) in [4.78, 5) is 11.5. The van der Waals surface area contributed by atoms with E-state index in [9.17, 15) is 4.79 Å². The van der Waals surface area contributed by atoms with E-state index in [1.54, 1.807) is 6.08 Å². The molecular formula is C16H23NO2. The highest BCUT2D eigenvalue weighted by Crippen LogP contribution is 2.13. The standard InChI is InChI=1S/C16H23NO2/c1-3-5-12-17-16(18)11-8-14-6-9-15(10-7-14)19-13-4-2/h6-11H,3-5,12-13H2,1-2H3,(H,17,18). The Bertz CT molecular complexity index is 396. The maximum Gasteiger partial charge on any atom is 0.243 e. The Hall–Kier alpha value is -1.77. The molecule has 0 spiro atoms. The van der Waals surface area contributed by atoms with Crippen LogP contribution in [0.1, 0.15) is 38.7 Å². The van der Waals surface area contributed by atoms with Crippen LogP contribution in [-0.4, -0.2) is 19.1 Å². The summed E-state index contributed by atoms with van der Waals surface area (Å²) in [5, 5.41) is 2.84. The largest absolute Gasteiger partial charge is 0.494 e. The zero-order chi connectivity index (χ0) is 13.9. The predicted octanol–water partition coefficient (Wildman–Crippen LogP) is 3.40. The van der Waals surface area contributed by atoms with Crippen LogP contribution in [0.15, 0.2) is 30.3 Å². The third-order valence-electron chi connectivity index (χ3n) is 2.61. The molecule has 19 heavy (non-hydrogen) atoms. The number of unbranched alkanes of at least 4 members (excludes halogenated alkanes) is 1. The molecule has 0 aliphatic heterocycles. The average molecular weight is 261 g/mol. The van der Waals surface area contributed by atoms with Crippen molar-refractivity contribution in [1.29, 1.82) is 0 Å². The third kappa shape index (κ3) is 6.65. The van der Waals surface area contributed by atoms with E-state index in [4.69, 9.17) is 4.74 Å². The summed E-state index contributed by atoms with van der Waals surface area (Å²) in [5.74, 6) is 0.825. The van der Waals surface area contributed by atoms with Crippen LogP contribution in [0.3, 0.4) is 0 Å². The molecule has 0 unspecified atom stereocenters. The van der Waals surface area contributed by atoms with Gasteiger partial charge in [0.2, 0.25) is 5.91 Å². The molecule has 3 nitrogen and oxygen atoms in total. The van der Waals surface area contributed by atoms with Crippen LogP contribution in [-0.2, 0) is 4.79 Å². The first-order valence-electron chi connectivity index (χ1n) is 6.95. The SMILES string of the molecule is CCCCNC(=O)C=Cc1ccc(OCCC)cc1. The van der Waals surface area contributed by atoms with E-state index in [1.807, 2.05) is 30.3 Å². The van der Waals surface area contributed by atoms with Crippen molar-refractivity contribution >= 4 is 12.0 Å². The molecule has 0 saturated heterocycles. The number of benzene rings is 1. The van der Waals surface area contributed by atoms with E-state index >= 15 is 0 Å². The molecule has 1 rings (SSSR count). The molecule has 0 saturated carbocycles. The zero-order valence-electron chi connectivity index (χ0n) is 11.8. The molecule has 0 atom stereocenters. The van der Waals surface area contributed by atoms with Crippen molar-refractivity contribution < 1.29 is 9.53 Å². The molecule has 1 amide bonds. The molecule has 1 aromatic rings. The quantitative estimate of drug-likeness (QED) is 0.575. The second kappa shape index (κ2) is 9.20. The molecule has 1 aromatic carbocycles. The van der Waals surface area contributed by atoms with Crippen molar-refractivity contribution in [3.05, 3.63) is 35.9 Å². The number of carbonyl (C=O) groups is 1. The summed E-state index contributed by atoms with van der Waals surface area (Å²) in [6, 6.07) is 7.73. The number of ether oxygens (including phenoxy) is 1. The summed E-state index contributed by atoms with van der Waals surface area (Å²) in [6.07, 6.45) is 6.48. The number of amides is 1. The van der Waals surface area contributed by atoms with Crippen molar-refractivity contribution in [3.8, 4) is 5.75 Å². The van der Waals surface area contributed by atoms with Crippen LogP contribution in [0.5, 0.6) is 5.75 Å². The van der Waals surface area contributed by atoms with Gasteiger partial charge in [0.05, 0.1) is 6.61 Å². The van der Waals surface area contributed by atoms with Gasteiger partial charge in [-0.25, -0.2) is 0 Å². The fraction of sp³-hybridized carbons (Fsp3) is 0.438. The van der Waals surface area contributed by atoms with Crippen molar-refractivity contribution in [2.45, 2.75) is 33.1 Å². The van der Waals surface area contributed by atoms with Crippen molar-refractivity contribution in [3.63, 3.8) is 0 Å².